The van der Waals surface area contributed by atoms with Crippen LogP contribution in [0.5, 0.6) is 0 Å². The summed E-state index contributed by atoms with van der Waals surface area (Å²) < 4.78 is 2.73. The summed E-state index contributed by atoms with van der Waals surface area (Å²) in [5, 5.41) is 2.77. The minimum absolute atomic E-state index is 0.918. The van der Waals surface area contributed by atoms with Crippen LogP contribution in [0.25, 0.3) is 20.2 Å². The molecule has 1 aromatic heterocycles. The second-order valence-electron chi connectivity index (χ2n) is 4.66. The standard InChI is InChI=1S/C18H16S/c1-3-7-13-11-12-17-18(14(13)8-4-2)15-9-5-6-10-16(15)19-17/h3-6,9-12H,1-2,7-8H2. The van der Waals surface area contributed by atoms with Gasteiger partial charge in [0.2, 0.25) is 0 Å². The van der Waals surface area contributed by atoms with Gasteiger partial charge in [-0.05, 0) is 36.1 Å². The molecule has 19 heavy (non-hydrogen) atoms. The van der Waals surface area contributed by atoms with Gasteiger partial charge in [-0.3, -0.25) is 0 Å². The molecular weight excluding hydrogens is 248 g/mol. The molecule has 1 heterocycles. The van der Waals surface area contributed by atoms with Crippen LogP contribution in [0, 0.1) is 0 Å². The van der Waals surface area contributed by atoms with E-state index >= 15 is 0 Å². The number of hydrogen-bond donors (Lipinski definition) is 0. The maximum atomic E-state index is 3.91. The lowest BCUT2D eigenvalue weighted by Gasteiger charge is -2.08. The maximum Gasteiger partial charge on any atom is 0.0358 e. The summed E-state index contributed by atoms with van der Waals surface area (Å²) in [7, 11) is 0. The lowest BCUT2D eigenvalue weighted by atomic mass is 9.96. The molecule has 94 valence electrons. The highest BCUT2D eigenvalue weighted by Gasteiger charge is 2.11. The molecule has 1 heteroatoms. The quantitative estimate of drug-likeness (QED) is 0.545. The number of hydrogen-bond acceptors (Lipinski definition) is 1. The maximum absolute atomic E-state index is 3.91. The Morgan fingerprint density at radius 2 is 1.68 bits per heavy atom. The number of benzene rings is 2. The summed E-state index contributed by atoms with van der Waals surface area (Å²) in [6.45, 7) is 7.77. The normalized spacial score (nSPS) is 10.9. The van der Waals surface area contributed by atoms with Gasteiger partial charge >= 0.3 is 0 Å². The first kappa shape index (κ1) is 12.2. The second kappa shape index (κ2) is 5.02. The average Bonchev–Trinajstić information content (AvgIpc) is 2.80. The molecule has 0 N–H and O–H groups in total. The summed E-state index contributed by atoms with van der Waals surface area (Å²) in [5.41, 5.74) is 2.77. The molecule has 2 aromatic carbocycles. The van der Waals surface area contributed by atoms with E-state index in [1.807, 2.05) is 23.5 Å². The molecule has 0 aliphatic carbocycles. The summed E-state index contributed by atoms with van der Waals surface area (Å²) >= 11 is 1.87. The molecule has 3 aromatic rings. The Labute approximate surface area is 117 Å². The Kier molecular flexibility index (Phi) is 3.22. The molecular formula is C18H16S. The van der Waals surface area contributed by atoms with Crippen LogP contribution in [-0.2, 0) is 12.8 Å². The van der Waals surface area contributed by atoms with Crippen LogP contribution in [0.4, 0.5) is 0 Å². The van der Waals surface area contributed by atoms with E-state index in [0.29, 0.717) is 0 Å². The third-order valence-corrected chi connectivity index (χ3v) is 4.60. The van der Waals surface area contributed by atoms with Gasteiger partial charge in [0.25, 0.3) is 0 Å². The van der Waals surface area contributed by atoms with Crippen molar-refractivity contribution >= 4 is 31.5 Å². The van der Waals surface area contributed by atoms with Crippen LogP contribution in [-0.4, -0.2) is 0 Å². The molecule has 0 radical (unpaired) electrons. The molecule has 0 bridgehead atoms. The van der Waals surface area contributed by atoms with Crippen LogP contribution >= 0.6 is 11.3 Å². The largest absolute Gasteiger partial charge is 0.135 e. The lowest BCUT2D eigenvalue weighted by molar-refractivity contribution is 1.18. The van der Waals surface area contributed by atoms with Crippen molar-refractivity contribution in [2.24, 2.45) is 0 Å². The smallest absolute Gasteiger partial charge is 0.0358 e. The number of fused-ring (bicyclic) bond motifs is 3. The first-order chi connectivity index (χ1) is 9.35. The first-order valence-electron chi connectivity index (χ1n) is 6.49. The molecule has 0 saturated carbocycles. The van der Waals surface area contributed by atoms with Gasteiger partial charge in [0.05, 0.1) is 0 Å². The predicted molar refractivity (Wildman–Crippen MR) is 87.1 cm³/mol. The number of allylic oxidation sites excluding steroid dienone is 2. The summed E-state index contributed by atoms with van der Waals surface area (Å²) in [5.74, 6) is 0. The van der Waals surface area contributed by atoms with Gasteiger partial charge in [0.1, 0.15) is 0 Å². The molecule has 0 aliphatic rings. The lowest BCUT2D eigenvalue weighted by Crippen LogP contribution is -1.92. The van der Waals surface area contributed by atoms with Crippen LogP contribution < -0.4 is 0 Å². The SMILES string of the molecule is C=CCc1ccc2sc3ccccc3c2c1CC=C. The van der Waals surface area contributed by atoms with Crippen molar-refractivity contribution in [1.82, 2.24) is 0 Å². The van der Waals surface area contributed by atoms with Crippen molar-refractivity contribution in [2.45, 2.75) is 12.8 Å². The zero-order valence-electron chi connectivity index (χ0n) is 10.9. The fourth-order valence-electron chi connectivity index (χ4n) is 2.65. The molecule has 0 nitrogen and oxygen atoms in total. The Bertz CT molecular complexity index is 762. The van der Waals surface area contributed by atoms with Gasteiger partial charge in [-0.25, -0.2) is 0 Å². The van der Waals surface area contributed by atoms with Crippen molar-refractivity contribution in [3.63, 3.8) is 0 Å². The third kappa shape index (κ3) is 2.00. The van der Waals surface area contributed by atoms with Gasteiger partial charge in [-0.2, -0.15) is 0 Å². The van der Waals surface area contributed by atoms with Crippen LogP contribution in [0.1, 0.15) is 11.1 Å². The Morgan fingerprint density at radius 3 is 2.47 bits per heavy atom. The molecule has 0 amide bonds. The highest BCUT2D eigenvalue weighted by molar-refractivity contribution is 7.25. The van der Waals surface area contributed by atoms with Gasteiger partial charge in [-0.1, -0.05) is 36.4 Å². The molecule has 0 fully saturated rings. The average molecular weight is 264 g/mol. The fraction of sp³-hybridized carbons (Fsp3) is 0.111. The Hall–Kier alpha value is -1.86. The molecule has 0 unspecified atom stereocenters. The van der Waals surface area contributed by atoms with E-state index in [4.69, 9.17) is 0 Å². The monoisotopic (exact) mass is 264 g/mol. The van der Waals surface area contributed by atoms with E-state index in [1.165, 1.54) is 31.3 Å². The van der Waals surface area contributed by atoms with Crippen LogP contribution in [0.2, 0.25) is 0 Å². The highest BCUT2D eigenvalue weighted by Crippen LogP contribution is 2.37. The van der Waals surface area contributed by atoms with Crippen molar-refractivity contribution in [3.8, 4) is 0 Å². The van der Waals surface area contributed by atoms with Gasteiger partial charge in [0, 0.05) is 20.2 Å². The number of thiophene rings is 1. The molecule has 0 saturated heterocycles. The summed E-state index contributed by atoms with van der Waals surface area (Å²) in [4.78, 5) is 0. The minimum atomic E-state index is 0.918. The van der Waals surface area contributed by atoms with Crippen LogP contribution in [0.15, 0.2) is 61.7 Å². The van der Waals surface area contributed by atoms with E-state index in [2.05, 4.69) is 49.6 Å². The highest BCUT2D eigenvalue weighted by atomic mass is 32.1. The minimum Gasteiger partial charge on any atom is -0.135 e. The number of rotatable bonds is 4. The van der Waals surface area contributed by atoms with Gasteiger partial charge in [0.15, 0.2) is 0 Å². The first-order valence-corrected chi connectivity index (χ1v) is 7.30. The summed E-state index contributed by atoms with van der Waals surface area (Å²) in [6, 6.07) is 13.1. The van der Waals surface area contributed by atoms with E-state index in [1.54, 1.807) is 0 Å². The Morgan fingerprint density at radius 1 is 0.895 bits per heavy atom. The van der Waals surface area contributed by atoms with Crippen LogP contribution in [0.3, 0.4) is 0 Å². The third-order valence-electron chi connectivity index (χ3n) is 3.46. The van der Waals surface area contributed by atoms with Crippen molar-refractivity contribution in [1.29, 1.82) is 0 Å². The van der Waals surface area contributed by atoms with Gasteiger partial charge < -0.3 is 0 Å². The Balaban J connectivity index is 2.41. The fourth-order valence-corrected chi connectivity index (χ4v) is 3.79. The molecule has 3 rings (SSSR count). The molecule has 0 spiro atoms. The van der Waals surface area contributed by atoms with Crippen molar-refractivity contribution in [3.05, 3.63) is 72.8 Å². The van der Waals surface area contributed by atoms with Gasteiger partial charge in [-0.15, -0.1) is 24.5 Å². The predicted octanol–water partition coefficient (Wildman–Crippen LogP) is 5.51. The van der Waals surface area contributed by atoms with E-state index in [9.17, 15) is 0 Å². The zero-order chi connectivity index (χ0) is 13.2. The van der Waals surface area contributed by atoms with Crippen molar-refractivity contribution < 1.29 is 0 Å². The van der Waals surface area contributed by atoms with Crippen molar-refractivity contribution in [2.75, 3.05) is 0 Å². The van der Waals surface area contributed by atoms with E-state index in [-0.39, 0.29) is 0 Å². The molecule has 0 aliphatic heterocycles. The summed E-state index contributed by atoms with van der Waals surface area (Å²) in [6.07, 6.45) is 5.81. The van der Waals surface area contributed by atoms with E-state index < -0.39 is 0 Å². The topological polar surface area (TPSA) is 0 Å². The van der Waals surface area contributed by atoms with E-state index in [0.717, 1.165) is 12.8 Å². The second-order valence-corrected chi connectivity index (χ2v) is 5.74. The molecule has 0 atom stereocenters. The zero-order valence-corrected chi connectivity index (χ0v) is 11.7.